The van der Waals surface area contributed by atoms with Gasteiger partial charge in [-0.25, -0.2) is 24.5 Å². The summed E-state index contributed by atoms with van der Waals surface area (Å²) in [4.78, 5) is 45.2. The maximum atomic E-state index is 13.0. The van der Waals surface area contributed by atoms with Crippen LogP contribution in [0.15, 0.2) is 72.8 Å². The number of carbonyl (C=O) groups excluding carboxylic acids is 2. The highest BCUT2D eigenvalue weighted by Crippen LogP contribution is 2.38. The fraction of sp³-hybridized carbons (Fsp3) is 0.603. The number of nitrogens with zero attached hydrogens (tertiary/aromatic N) is 7. The zero-order valence-corrected chi connectivity index (χ0v) is 67.8. The minimum atomic E-state index is -4.22. The monoisotopic (exact) mass is 1730 g/mol. The molecule has 10 rings (SSSR count). The van der Waals surface area contributed by atoms with Gasteiger partial charge in [-0.05, 0) is 223 Å². The molecule has 5 aliphatic rings. The number of likely N-dealkylation sites (tertiary alicyclic amines) is 2. The van der Waals surface area contributed by atoms with Crippen LogP contribution in [0.25, 0.3) is 11.1 Å². The maximum absolute atomic E-state index is 13.0. The Labute approximate surface area is 648 Å². The van der Waals surface area contributed by atoms with E-state index in [2.05, 4.69) is 110 Å². The van der Waals surface area contributed by atoms with Crippen molar-refractivity contribution in [2.24, 2.45) is 17.6 Å². The molecule has 592 valence electrons. The number of urea groups is 2. The Morgan fingerprint density at radius 3 is 1.49 bits per heavy atom. The standard InChI is InChI=1S/C23H30F3N5O2.C20H28BF3N2O3.C13H20IN3O2.C9H10FIN2O.C4H11NO.C4H10O/c1-14-4-5-18(29-22(32)31-7-6-16(12-31)11-23(24,25)26)10-19(14)17-8-20(27)30-21(9-17)28-15(2)13-33-3;1-13-6-7-15(10-16(13)21-28-18(2,3)19(4,5)29-21)25-17(27)26-9-8-14(12-26)11-20(22,23)24;1-10(9-18-2)15-12-7-11(14)8-13(16-12)17-3-5-19-6-4-17;10-8-5-7(11)6-9(12-8)13-1-3-14-4-2-13;1-4(5)3-6-2;1-3-5-4-2/h4-5,8-10,15-16H,6-7,11-13H2,1-3H3,(H,29,32)(H3,27,28,30);6-7,10,14H,8-9,11-12H2,1-5H3,(H,25,27);7-8,10H,3-6,9H2,1-2H3,(H,15,16);5-6H,1-4H2;4H,3,5H2,1-2H3;3-4H2,1-2H3/t15-,16+;14-;10-;;4-;/m101.1./s1. The van der Waals surface area contributed by atoms with Gasteiger partial charge in [-0.15, -0.1) is 0 Å². The highest BCUT2D eigenvalue weighted by molar-refractivity contribution is 14.1. The van der Waals surface area contributed by atoms with E-state index in [1.807, 2.05) is 104 Å². The third-order valence-electron chi connectivity index (χ3n) is 17.5. The molecule has 5 saturated heterocycles. The van der Waals surface area contributed by atoms with Gasteiger partial charge in [-0.2, -0.15) is 30.7 Å². The van der Waals surface area contributed by atoms with Crippen molar-refractivity contribution >= 4 is 110 Å². The first-order valence-electron chi connectivity index (χ1n) is 35.5. The van der Waals surface area contributed by atoms with Gasteiger partial charge < -0.3 is 90.1 Å². The molecule has 2 aromatic carbocycles. The lowest BCUT2D eigenvalue weighted by molar-refractivity contribution is -0.144. The van der Waals surface area contributed by atoms with Crippen LogP contribution in [-0.2, 0) is 37.7 Å². The van der Waals surface area contributed by atoms with Crippen LogP contribution in [0.4, 0.5) is 80.8 Å². The van der Waals surface area contributed by atoms with Gasteiger partial charge >= 0.3 is 31.5 Å². The summed E-state index contributed by atoms with van der Waals surface area (Å²) in [6.07, 6.45) is -9.43. The molecule has 4 amide bonds. The summed E-state index contributed by atoms with van der Waals surface area (Å²) in [7, 11) is 4.42. The summed E-state index contributed by atoms with van der Waals surface area (Å²) in [5.41, 5.74) is 15.9. The van der Waals surface area contributed by atoms with E-state index >= 15 is 0 Å². The topological polar surface area (TPSA) is 260 Å². The number of ether oxygens (including phenoxy) is 6. The highest BCUT2D eigenvalue weighted by atomic mass is 127. The zero-order valence-electron chi connectivity index (χ0n) is 63.5. The Morgan fingerprint density at radius 2 is 1.07 bits per heavy atom. The van der Waals surface area contributed by atoms with Crippen molar-refractivity contribution in [3.63, 3.8) is 0 Å². The molecule has 0 saturated carbocycles. The molecular weight excluding hydrogens is 1620 g/mol. The average molecular weight is 1730 g/mol. The predicted molar refractivity (Wildman–Crippen MR) is 422 cm³/mol. The Kier molecular flexibility index (Phi) is 37.7. The lowest BCUT2D eigenvalue weighted by Crippen LogP contribution is -2.41. The number of amides is 4. The number of aryl methyl sites for hydroxylation is 2. The Morgan fingerprint density at radius 1 is 0.623 bits per heavy atom. The van der Waals surface area contributed by atoms with Crippen molar-refractivity contribution < 1.29 is 78.1 Å². The van der Waals surface area contributed by atoms with Crippen molar-refractivity contribution in [2.75, 3.05) is 170 Å². The van der Waals surface area contributed by atoms with Gasteiger partial charge in [0.15, 0.2) is 0 Å². The third-order valence-corrected chi connectivity index (χ3v) is 18.8. The molecule has 5 atom stereocenters. The first-order valence-corrected chi connectivity index (χ1v) is 37.7. The molecule has 8 N–H and O–H groups in total. The summed E-state index contributed by atoms with van der Waals surface area (Å²) in [5.74, 6) is 2.06. The lowest BCUT2D eigenvalue weighted by Gasteiger charge is -2.32. The van der Waals surface area contributed by atoms with Crippen LogP contribution < -0.4 is 48.0 Å². The van der Waals surface area contributed by atoms with Crippen LogP contribution in [0.1, 0.15) is 99.1 Å². The lowest BCUT2D eigenvalue weighted by atomic mass is 9.76. The number of alkyl halides is 6. The van der Waals surface area contributed by atoms with Gasteiger partial charge in [0, 0.05) is 142 Å². The smallest absolute Gasteiger partial charge is 0.399 e. The zero-order chi connectivity index (χ0) is 78.5. The van der Waals surface area contributed by atoms with Crippen LogP contribution in [-0.4, -0.2) is 219 Å². The van der Waals surface area contributed by atoms with Gasteiger partial charge in [0.25, 0.3) is 0 Å². The number of anilines is 7. The molecule has 8 heterocycles. The second-order valence-corrected chi connectivity index (χ2v) is 30.0. The number of nitrogens with two attached hydrogens (primary N) is 2. The number of nitrogen functional groups attached to an aromatic ring is 1. The van der Waals surface area contributed by atoms with Gasteiger partial charge in [0.2, 0.25) is 5.95 Å². The largest absolute Gasteiger partial charge is 0.495 e. The number of pyridine rings is 3. The van der Waals surface area contributed by atoms with Crippen LogP contribution in [0, 0.1) is 38.8 Å². The van der Waals surface area contributed by atoms with E-state index in [0.717, 1.165) is 95.5 Å². The molecule has 106 heavy (non-hydrogen) atoms. The summed E-state index contributed by atoms with van der Waals surface area (Å²) in [5, 5.41) is 12.2. The van der Waals surface area contributed by atoms with E-state index in [4.69, 9.17) is 44.5 Å². The Balaban J connectivity index is 0.000000250. The minimum Gasteiger partial charge on any atom is -0.399 e. The number of benzene rings is 2. The summed E-state index contributed by atoms with van der Waals surface area (Å²) in [6, 6.07) is 21.7. The number of carbonyl (C=O) groups is 2. The Bertz CT molecular complexity index is 3460. The van der Waals surface area contributed by atoms with Crippen LogP contribution in [0.5, 0.6) is 0 Å². The van der Waals surface area contributed by atoms with Gasteiger partial charge in [-0.3, -0.25) is 0 Å². The molecule has 3 aromatic heterocycles. The number of morpholine rings is 2. The summed E-state index contributed by atoms with van der Waals surface area (Å²) < 4.78 is 133. The van der Waals surface area contributed by atoms with Crippen molar-refractivity contribution in [3.05, 3.63) is 97.0 Å². The van der Waals surface area contributed by atoms with Crippen LogP contribution >= 0.6 is 45.2 Å². The second-order valence-electron chi connectivity index (χ2n) is 27.5. The van der Waals surface area contributed by atoms with Crippen LogP contribution in [0.3, 0.4) is 0 Å². The van der Waals surface area contributed by atoms with E-state index < -0.39 is 73.4 Å². The third kappa shape index (κ3) is 32.0. The summed E-state index contributed by atoms with van der Waals surface area (Å²) in [6.45, 7) is 32.4. The van der Waals surface area contributed by atoms with Crippen molar-refractivity contribution in [1.29, 1.82) is 0 Å². The first kappa shape index (κ1) is 90.7. The van der Waals surface area contributed by atoms with E-state index in [9.17, 15) is 40.3 Å². The number of aromatic nitrogens is 3. The first-order chi connectivity index (χ1) is 49.9. The van der Waals surface area contributed by atoms with E-state index in [1.165, 1.54) is 19.4 Å². The predicted octanol–water partition coefficient (Wildman–Crippen LogP) is 13.6. The molecule has 0 bridgehead atoms. The number of halogens is 9. The van der Waals surface area contributed by atoms with Gasteiger partial charge in [0.05, 0.1) is 57.5 Å². The average Bonchev–Trinajstić information content (AvgIpc) is 1.61. The molecule has 33 heteroatoms. The van der Waals surface area contributed by atoms with E-state index in [-0.39, 0.29) is 31.2 Å². The van der Waals surface area contributed by atoms with Gasteiger partial charge in [-0.1, -0.05) is 17.7 Å². The maximum Gasteiger partial charge on any atom is 0.495 e. The molecule has 0 radical (unpaired) electrons. The SMILES string of the molecule is CCOCC.COC[C@@H](C)N.COC[C@@H](C)Nc1cc(-c2cc(NC(=O)N3CC[C@@H](CC(F)(F)F)C3)ccc2C)cc(N)n1.COC[C@@H](C)Nc1cc(I)cc(N2CCOCC2)n1.Cc1ccc(NC(=O)N2CC[C@@H](CC(F)(F)F)C2)cc1B1OC(C)(C)C(C)(C)O1.Fc1cc(I)cc(N2CCOCC2)n1. The number of nitrogens with one attached hydrogen (secondary N) is 4. The summed E-state index contributed by atoms with van der Waals surface area (Å²) >= 11 is 4.42. The second kappa shape index (κ2) is 44.1. The fourth-order valence-electron chi connectivity index (χ4n) is 11.6. The minimum absolute atomic E-state index is 0.0329. The van der Waals surface area contributed by atoms with Crippen molar-refractivity contribution in [1.82, 2.24) is 24.8 Å². The molecular formula is C73H109BF7I2N13O10. The number of hydrogen-bond donors (Lipinski definition) is 6. The molecule has 0 unspecified atom stereocenters. The molecule has 0 spiro atoms. The molecule has 5 aromatic rings. The number of hydrogen-bond acceptors (Lipinski definition) is 19. The fourth-order valence-corrected chi connectivity index (χ4v) is 12.7. The molecule has 5 fully saturated rings. The molecule has 0 aliphatic carbocycles. The van der Waals surface area contributed by atoms with Crippen LogP contribution in [0.2, 0.25) is 0 Å². The Hall–Kier alpha value is -5.90. The number of methoxy groups -OCH3 is 3. The number of rotatable bonds is 20. The van der Waals surface area contributed by atoms with Crippen molar-refractivity contribution in [3.8, 4) is 11.1 Å². The van der Waals surface area contributed by atoms with Crippen molar-refractivity contribution in [2.45, 2.75) is 144 Å². The molecule has 23 nitrogen and oxygen atoms in total. The normalized spacial score (nSPS) is 18.4. The highest BCUT2D eigenvalue weighted by Gasteiger charge is 2.52. The molecule has 5 aliphatic heterocycles. The quantitative estimate of drug-likeness (QED) is 0.0183. The van der Waals surface area contributed by atoms with Gasteiger partial charge in [0.1, 0.15) is 29.1 Å². The van der Waals surface area contributed by atoms with E-state index in [0.29, 0.717) is 87.8 Å². The van der Waals surface area contributed by atoms with E-state index in [1.54, 1.807) is 45.6 Å².